The highest BCUT2D eigenvalue weighted by atomic mass is 32.2. The van der Waals surface area contributed by atoms with Crippen molar-refractivity contribution in [2.45, 2.75) is 32.0 Å². The minimum absolute atomic E-state index is 0.0618. The largest absolute Gasteiger partial charge is 0.360 e. The highest BCUT2D eigenvalue weighted by Gasteiger charge is 2.13. The second-order valence-electron chi connectivity index (χ2n) is 6.63. The van der Waals surface area contributed by atoms with Crippen molar-refractivity contribution in [3.8, 4) is 0 Å². The van der Waals surface area contributed by atoms with Crippen LogP contribution < -0.4 is 10.9 Å². The van der Waals surface area contributed by atoms with E-state index in [4.69, 9.17) is 9.51 Å². The Morgan fingerprint density at radius 3 is 2.66 bits per heavy atom. The average molecular weight is 408 g/mol. The number of carbonyl (C=O) groups excluding carboxylic acids is 1. The highest BCUT2D eigenvalue weighted by molar-refractivity contribution is 7.99. The molecule has 148 valence electrons. The van der Waals surface area contributed by atoms with Crippen molar-refractivity contribution >= 4 is 45.2 Å². The molecular weight excluding hydrogens is 388 g/mol. The zero-order chi connectivity index (χ0) is 20.4. The molecule has 1 amide bonds. The third-order valence-electron chi connectivity index (χ3n) is 4.56. The van der Waals surface area contributed by atoms with Crippen LogP contribution in [0, 0.1) is 6.92 Å². The number of rotatable bonds is 6. The van der Waals surface area contributed by atoms with Crippen LogP contribution in [0.4, 0.5) is 5.82 Å². The summed E-state index contributed by atoms with van der Waals surface area (Å²) in [5.41, 5.74) is 0.608. The van der Waals surface area contributed by atoms with Gasteiger partial charge in [0, 0.05) is 24.8 Å². The Kier molecular flexibility index (Phi) is 5.35. The summed E-state index contributed by atoms with van der Waals surface area (Å²) < 4.78 is 6.59. The molecule has 0 unspecified atom stereocenters. The molecule has 0 spiro atoms. The van der Waals surface area contributed by atoms with E-state index < -0.39 is 0 Å². The summed E-state index contributed by atoms with van der Waals surface area (Å²) in [6, 6.07) is 13.4. The number of carbonyl (C=O) groups is 1. The SMILES string of the molecule is CCn1c(SCCC(=O)Nc2cc(C)on2)nc2cc3ccccc3cc2c1=O. The molecule has 0 saturated carbocycles. The number of nitrogens with one attached hydrogen (secondary N) is 1. The van der Waals surface area contributed by atoms with Crippen molar-refractivity contribution in [1.82, 2.24) is 14.7 Å². The van der Waals surface area contributed by atoms with Crippen LogP contribution in [0.5, 0.6) is 0 Å². The van der Waals surface area contributed by atoms with Crippen LogP contribution >= 0.6 is 11.8 Å². The molecule has 8 heteroatoms. The maximum absolute atomic E-state index is 13.0. The standard InChI is InChI=1S/C21H20N4O3S/c1-3-25-20(27)16-11-14-6-4-5-7-15(14)12-17(16)22-21(25)29-9-8-19(26)23-18-10-13(2)28-24-18/h4-7,10-12H,3,8-9H2,1-2H3,(H,23,24,26). The van der Waals surface area contributed by atoms with Crippen molar-refractivity contribution in [2.75, 3.05) is 11.1 Å². The summed E-state index contributed by atoms with van der Waals surface area (Å²) in [6.45, 7) is 4.19. The molecule has 2 aromatic heterocycles. The van der Waals surface area contributed by atoms with Gasteiger partial charge >= 0.3 is 0 Å². The van der Waals surface area contributed by atoms with Gasteiger partial charge in [-0.3, -0.25) is 14.2 Å². The summed E-state index contributed by atoms with van der Waals surface area (Å²) in [6.07, 6.45) is 0.270. The van der Waals surface area contributed by atoms with Crippen LogP contribution in [-0.2, 0) is 11.3 Å². The molecule has 0 atom stereocenters. The normalized spacial score (nSPS) is 11.2. The van der Waals surface area contributed by atoms with Gasteiger partial charge in [0.2, 0.25) is 5.91 Å². The average Bonchev–Trinajstić information content (AvgIpc) is 3.11. The smallest absolute Gasteiger partial charge is 0.262 e. The van der Waals surface area contributed by atoms with Gasteiger partial charge in [0.25, 0.3) is 5.56 Å². The third kappa shape index (κ3) is 4.02. The number of anilines is 1. The summed E-state index contributed by atoms with van der Waals surface area (Å²) in [5.74, 6) is 1.37. The lowest BCUT2D eigenvalue weighted by Crippen LogP contribution is -2.22. The Bertz CT molecular complexity index is 1260. The van der Waals surface area contributed by atoms with Gasteiger partial charge in [0.05, 0.1) is 10.9 Å². The molecule has 2 aromatic carbocycles. The number of nitrogens with zero attached hydrogens (tertiary/aromatic N) is 3. The van der Waals surface area contributed by atoms with Crippen LogP contribution in [0.3, 0.4) is 0 Å². The van der Waals surface area contributed by atoms with E-state index in [1.54, 1.807) is 17.6 Å². The zero-order valence-electron chi connectivity index (χ0n) is 16.1. The Morgan fingerprint density at radius 2 is 1.97 bits per heavy atom. The van der Waals surface area contributed by atoms with Gasteiger partial charge in [0.15, 0.2) is 11.0 Å². The first-order chi connectivity index (χ1) is 14.0. The van der Waals surface area contributed by atoms with Gasteiger partial charge in [-0.15, -0.1) is 0 Å². The van der Waals surface area contributed by atoms with Gasteiger partial charge in [-0.05, 0) is 36.8 Å². The number of aromatic nitrogens is 3. The van der Waals surface area contributed by atoms with E-state index in [1.807, 2.05) is 43.3 Å². The quantitative estimate of drug-likeness (QED) is 0.295. The number of amides is 1. The monoisotopic (exact) mass is 408 g/mol. The predicted octanol–water partition coefficient (Wildman–Crippen LogP) is 3.99. The molecule has 0 bridgehead atoms. The molecule has 0 fully saturated rings. The Labute approximate surface area is 171 Å². The Morgan fingerprint density at radius 1 is 1.21 bits per heavy atom. The lowest BCUT2D eigenvalue weighted by molar-refractivity contribution is -0.115. The lowest BCUT2D eigenvalue weighted by atomic mass is 10.1. The van der Waals surface area contributed by atoms with Crippen molar-refractivity contribution in [2.24, 2.45) is 0 Å². The number of benzene rings is 2. The molecule has 0 aliphatic carbocycles. The molecule has 2 heterocycles. The molecule has 4 aromatic rings. The number of fused-ring (bicyclic) bond motifs is 2. The van der Waals surface area contributed by atoms with Crippen LogP contribution in [0.25, 0.3) is 21.7 Å². The summed E-state index contributed by atoms with van der Waals surface area (Å²) >= 11 is 1.40. The van der Waals surface area contributed by atoms with E-state index in [1.165, 1.54) is 11.8 Å². The molecule has 29 heavy (non-hydrogen) atoms. The third-order valence-corrected chi connectivity index (χ3v) is 5.54. The first-order valence-corrected chi connectivity index (χ1v) is 10.3. The fourth-order valence-electron chi connectivity index (χ4n) is 3.14. The van der Waals surface area contributed by atoms with E-state index in [0.29, 0.717) is 39.9 Å². The fourth-order valence-corrected chi connectivity index (χ4v) is 4.14. The van der Waals surface area contributed by atoms with E-state index >= 15 is 0 Å². The van der Waals surface area contributed by atoms with Crippen LogP contribution in [0.2, 0.25) is 0 Å². The summed E-state index contributed by atoms with van der Waals surface area (Å²) in [5, 5.41) is 9.72. The summed E-state index contributed by atoms with van der Waals surface area (Å²) in [4.78, 5) is 29.8. The molecule has 0 aliphatic heterocycles. The van der Waals surface area contributed by atoms with E-state index in [-0.39, 0.29) is 17.9 Å². The Hall–Kier alpha value is -3.13. The topological polar surface area (TPSA) is 90.0 Å². The van der Waals surface area contributed by atoms with Crippen LogP contribution in [-0.4, -0.2) is 26.4 Å². The molecule has 1 N–H and O–H groups in total. The summed E-state index contributed by atoms with van der Waals surface area (Å²) in [7, 11) is 0. The first kappa shape index (κ1) is 19.2. The molecule has 7 nitrogen and oxygen atoms in total. The number of hydrogen-bond donors (Lipinski definition) is 1. The van der Waals surface area contributed by atoms with Crippen molar-refractivity contribution in [3.63, 3.8) is 0 Å². The van der Waals surface area contributed by atoms with Gasteiger partial charge in [-0.25, -0.2) is 4.98 Å². The zero-order valence-corrected chi connectivity index (χ0v) is 17.0. The highest BCUT2D eigenvalue weighted by Crippen LogP contribution is 2.23. The van der Waals surface area contributed by atoms with Crippen molar-refractivity contribution < 1.29 is 9.32 Å². The molecule has 0 radical (unpaired) electrons. The predicted molar refractivity (Wildman–Crippen MR) is 114 cm³/mol. The van der Waals surface area contributed by atoms with Crippen LogP contribution in [0.1, 0.15) is 19.1 Å². The van der Waals surface area contributed by atoms with Crippen molar-refractivity contribution in [3.05, 3.63) is 58.6 Å². The minimum Gasteiger partial charge on any atom is -0.360 e. The Balaban J connectivity index is 1.55. The van der Waals surface area contributed by atoms with Gasteiger partial charge < -0.3 is 9.84 Å². The van der Waals surface area contributed by atoms with E-state index in [9.17, 15) is 9.59 Å². The maximum Gasteiger partial charge on any atom is 0.262 e. The van der Waals surface area contributed by atoms with Gasteiger partial charge in [0.1, 0.15) is 5.76 Å². The minimum atomic E-state index is -0.164. The maximum atomic E-state index is 13.0. The van der Waals surface area contributed by atoms with Gasteiger partial charge in [-0.1, -0.05) is 41.2 Å². The van der Waals surface area contributed by atoms with Crippen LogP contribution in [0.15, 0.2) is 56.9 Å². The molecule has 0 aliphatic rings. The number of hydrogen-bond acceptors (Lipinski definition) is 6. The van der Waals surface area contributed by atoms with E-state index in [0.717, 1.165) is 10.8 Å². The molecule has 4 rings (SSSR count). The lowest BCUT2D eigenvalue weighted by Gasteiger charge is -2.11. The van der Waals surface area contributed by atoms with E-state index in [2.05, 4.69) is 10.5 Å². The molecule has 0 saturated heterocycles. The number of thioether (sulfide) groups is 1. The second-order valence-corrected chi connectivity index (χ2v) is 7.69. The van der Waals surface area contributed by atoms with Crippen molar-refractivity contribution in [1.29, 1.82) is 0 Å². The van der Waals surface area contributed by atoms with Gasteiger partial charge in [-0.2, -0.15) is 0 Å². The number of aryl methyl sites for hydroxylation is 1. The first-order valence-electron chi connectivity index (χ1n) is 9.34. The second kappa shape index (κ2) is 8.08. The molecular formula is C21H20N4O3S. The fraction of sp³-hybridized carbons (Fsp3) is 0.238.